The first-order chi connectivity index (χ1) is 7.24. The predicted octanol–water partition coefficient (Wildman–Crippen LogP) is 3.04. The minimum Gasteiger partial charge on any atom is -0.383 e. The maximum Gasteiger partial charge on any atom is 0.425 e. The quantitative estimate of drug-likeness (QED) is 0.702. The minimum atomic E-state index is -2.24. The molecule has 0 saturated heterocycles. The third kappa shape index (κ3) is 6.63. The van der Waals surface area contributed by atoms with Crippen molar-refractivity contribution in [3.05, 3.63) is 0 Å². The van der Waals surface area contributed by atoms with Crippen LogP contribution in [-0.2, 0) is 8.85 Å². The van der Waals surface area contributed by atoms with Crippen LogP contribution in [0, 0.1) is 5.92 Å². The Morgan fingerprint density at radius 3 is 1.75 bits per heavy atom. The van der Waals surface area contributed by atoms with Crippen LogP contribution < -0.4 is 4.98 Å². The van der Waals surface area contributed by atoms with Gasteiger partial charge >= 0.3 is 8.72 Å². The molecule has 0 rings (SSSR count). The van der Waals surface area contributed by atoms with Crippen LogP contribution in [0.1, 0.15) is 48.5 Å². The normalized spacial score (nSPS) is 13.5. The molecular weight excluding hydrogens is 218 g/mol. The van der Waals surface area contributed by atoms with Gasteiger partial charge in [-0.25, -0.2) is 0 Å². The molecule has 0 aromatic rings. The number of hydrogen-bond donors (Lipinski definition) is 1. The number of hydrogen-bond acceptors (Lipinski definition) is 3. The van der Waals surface area contributed by atoms with E-state index in [-0.39, 0.29) is 5.54 Å². The van der Waals surface area contributed by atoms with Gasteiger partial charge in [0.15, 0.2) is 0 Å². The van der Waals surface area contributed by atoms with Crippen molar-refractivity contribution >= 4 is 8.72 Å². The summed E-state index contributed by atoms with van der Waals surface area (Å²) in [7, 11) is -2.24. The molecule has 0 heterocycles. The zero-order chi connectivity index (χ0) is 12.8. The Hall–Kier alpha value is 0.0969. The average Bonchev–Trinajstić information content (AvgIpc) is 1.98. The summed E-state index contributed by atoms with van der Waals surface area (Å²) in [5.41, 5.74) is 0.0332. The van der Waals surface area contributed by atoms with Crippen molar-refractivity contribution in [2.24, 2.45) is 5.92 Å². The van der Waals surface area contributed by atoms with Crippen LogP contribution in [0.4, 0.5) is 0 Å². The fourth-order valence-corrected chi connectivity index (χ4v) is 5.57. The highest BCUT2D eigenvalue weighted by Crippen LogP contribution is 2.20. The molecule has 16 heavy (non-hydrogen) atoms. The zero-order valence-electron chi connectivity index (χ0n) is 12.0. The Morgan fingerprint density at radius 1 is 1.06 bits per heavy atom. The first-order valence-corrected chi connectivity index (χ1v) is 8.34. The zero-order valence-corrected chi connectivity index (χ0v) is 13.0. The van der Waals surface area contributed by atoms with Gasteiger partial charge in [0.2, 0.25) is 0 Å². The number of nitrogens with one attached hydrogen (secondary N) is 1. The molecule has 0 aromatic heterocycles. The first kappa shape index (κ1) is 16.1. The molecule has 0 saturated carbocycles. The van der Waals surface area contributed by atoms with E-state index in [1.807, 2.05) is 13.8 Å². The summed E-state index contributed by atoms with van der Waals surface area (Å²) in [6.07, 6.45) is 0. The summed E-state index contributed by atoms with van der Waals surface area (Å²) in [5, 5.41) is 0. The van der Waals surface area contributed by atoms with Crippen LogP contribution in [0.2, 0.25) is 6.04 Å². The maximum atomic E-state index is 5.96. The Bertz CT molecular complexity index is 184. The minimum absolute atomic E-state index is 0.0332. The third-order valence-corrected chi connectivity index (χ3v) is 5.99. The molecule has 0 aliphatic carbocycles. The molecule has 4 heteroatoms. The van der Waals surface area contributed by atoms with Gasteiger partial charge in [-0.1, -0.05) is 13.8 Å². The van der Waals surface area contributed by atoms with Crippen LogP contribution in [0.25, 0.3) is 0 Å². The van der Waals surface area contributed by atoms with E-state index in [1.54, 1.807) is 0 Å². The van der Waals surface area contributed by atoms with Gasteiger partial charge in [0.25, 0.3) is 0 Å². The Kier molecular flexibility index (Phi) is 6.78. The molecule has 0 amide bonds. The summed E-state index contributed by atoms with van der Waals surface area (Å²) >= 11 is 0. The molecular formula is C12H29NO2Si. The highest BCUT2D eigenvalue weighted by Gasteiger charge is 2.41. The highest BCUT2D eigenvalue weighted by molar-refractivity contribution is 6.65. The van der Waals surface area contributed by atoms with E-state index in [0.29, 0.717) is 19.1 Å². The van der Waals surface area contributed by atoms with Crippen molar-refractivity contribution in [3.8, 4) is 0 Å². The fourth-order valence-electron chi connectivity index (χ4n) is 1.86. The molecule has 0 bridgehead atoms. The molecule has 0 fully saturated rings. The Labute approximate surface area is 102 Å². The largest absolute Gasteiger partial charge is 0.425 e. The predicted molar refractivity (Wildman–Crippen MR) is 71.5 cm³/mol. The molecule has 0 radical (unpaired) electrons. The van der Waals surface area contributed by atoms with E-state index in [1.165, 1.54) is 0 Å². The van der Waals surface area contributed by atoms with Crippen LogP contribution >= 0.6 is 0 Å². The van der Waals surface area contributed by atoms with E-state index in [4.69, 9.17) is 8.85 Å². The van der Waals surface area contributed by atoms with Crippen molar-refractivity contribution in [2.75, 3.05) is 13.2 Å². The van der Waals surface area contributed by atoms with E-state index in [0.717, 1.165) is 6.04 Å². The second-order valence-electron chi connectivity index (χ2n) is 5.59. The average molecular weight is 247 g/mol. The molecule has 98 valence electrons. The molecule has 3 nitrogen and oxygen atoms in total. The summed E-state index contributed by atoms with van der Waals surface area (Å²) in [5.74, 6) is 0.583. The lowest BCUT2D eigenvalue weighted by molar-refractivity contribution is 0.156. The van der Waals surface area contributed by atoms with E-state index in [9.17, 15) is 0 Å². The summed E-state index contributed by atoms with van der Waals surface area (Å²) in [6.45, 7) is 16.4. The van der Waals surface area contributed by atoms with Crippen LogP contribution in [0.3, 0.4) is 0 Å². The maximum absolute atomic E-state index is 5.96. The van der Waals surface area contributed by atoms with Gasteiger partial charge in [-0.15, -0.1) is 0 Å². The Balaban J connectivity index is 4.77. The summed E-state index contributed by atoms with van der Waals surface area (Å²) in [4.78, 5) is 3.60. The molecule has 0 spiro atoms. The van der Waals surface area contributed by atoms with Crippen LogP contribution in [-0.4, -0.2) is 27.5 Å². The Morgan fingerprint density at radius 2 is 1.50 bits per heavy atom. The van der Waals surface area contributed by atoms with Gasteiger partial charge in [0.1, 0.15) is 0 Å². The van der Waals surface area contributed by atoms with Crippen molar-refractivity contribution in [3.63, 3.8) is 0 Å². The standard InChI is InChI=1S/C12H29NO2Si/c1-8-14-16(15-9-2,10-11(3)4)13-12(5,6)7/h11,13H,8-10H2,1-7H3. The highest BCUT2D eigenvalue weighted by atomic mass is 28.4. The van der Waals surface area contributed by atoms with Gasteiger partial charge in [0, 0.05) is 24.8 Å². The third-order valence-electron chi connectivity index (χ3n) is 2.00. The van der Waals surface area contributed by atoms with Crippen LogP contribution in [0.15, 0.2) is 0 Å². The second kappa shape index (κ2) is 6.74. The van der Waals surface area contributed by atoms with Gasteiger partial charge in [-0.3, -0.25) is 4.98 Å². The second-order valence-corrected chi connectivity index (χ2v) is 8.33. The SMILES string of the molecule is CCO[Si](CC(C)C)(NC(C)(C)C)OCC. The van der Waals surface area contributed by atoms with Crippen molar-refractivity contribution in [2.45, 2.75) is 60.0 Å². The molecule has 0 atom stereocenters. The molecule has 1 N–H and O–H groups in total. The molecule has 0 aromatic carbocycles. The van der Waals surface area contributed by atoms with Gasteiger partial charge in [-0.05, 0) is 40.5 Å². The van der Waals surface area contributed by atoms with Crippen molar-refractivity contribution in [1.29, 1.82) is 0 Å². The number of rotatable bonds is 7. The van der Waals surface area contributed by atoms with Gasteiger partial charge in [0.05, 0.1) is 0 Å². The van der Waals surface area contributed by atoms with Gasteiger partial charge < -0.3 is 8.85 Å². The lowest BCUT2D eigenvalue weighted by Crippen LogP contribution is -2.63. The summed E-state index contributed by atoms with van der Waals surface area (Å²) in [6, 6.07) is 0.992. The van der Waals surface area contributed by atoms with E-state index < -0.39 is 8.72 Å². The van der Waals surface area contributed by atoms with Crippen LogP contribution in [0.5, 0.6) is 0 Å². The summed E-state index contributed by atoms with van der Waals surface area (Å²) < 4.78 is 11.9. The van der Waals surface area contributed by atoms with Crippen molar-refractivity contribution < 1.29 is 8.85 Å². The molecule has 0 unspecified atom stereocenters. The van der Waals surface area contributed by atoms with E-state index in [2.05, 4.69) is 39.6 Å². The monoisotopic (exact) mass is 247 g/mol. The first-order valence-electron chi connectivity index (χ1n) is 6.32. The fraction of sp³-hybridized carbons (Fsp3) is 1.00. The van der Waals surface area contributed by atoms with Crippen molar-refractivity contribution in [1.82, 2.24) is 4.98 Å². The van der Waals surface area contributed by atoms with Gasteiger partial charge in [-0.2, -0.15) is 0 Å². The molecule has 0 aliphatic heterocycles. The topological polar surface area (TPSA) is 30.5 Å². The molecule has 0 aliphatic rings. The smallest absolute Gasteiger partial charge is 0.383 e. The lowest BCUT2D eigenvalue weighted by Gasteiger charge is -2.37. The van der Waals surface area contributed by atoms with E-state index >= 15 is 0 Å². The lowest BCUT2D eigenvalue weighted by atomic mass is 10.1.